The van der Waals surface area contributed by atoms with Gasteiger partial charge in [-0.05, 0) is 63.7 Å². The topological polar surface area (TPSA) is 49.6 Å². The van der Waals surface area contributed by atoms with E-state index in [2.05, 4.69) is 103 Å². The average Bonchev–Trinajstić information content (AvgIpc) is 3.08. The first kappa shape index (κ1) is 26.2. The molecule has 0 aliphatic heterocycles. The van der Waals surface area contributed by atoms with Gasteiger partial charge in [-0.2, -0.15) is 0 Å². The Balaban J connectivity index is 1.40. The van der Waals surface area contributed by atoms with Crippen LogP contribution in [-0.4, -0.2) is 15.7 Å². The van der Waals surface area contributed by atoms with Gasteiger partial charge in [0, 0.05) is 22.4 Å². The maximum Gasteiger partial charge on any atom is 0.160 e. The summed E-state index contributed by atoms with van der Waals surface area (Å²) in [5, 5.41) is 10.5. The summed E-state index contributed by atoms with van der Waals surface area (Å²) >= 11 is 0. The molecule has 0 amide bonds. The Morgan fingerprint density at radius 1 is 0.465 bits per heavy atom. The van der Waals surface area contributed by atoms with Gasteiger partial charge < -0.3 is 5.41 Å². The molecule has 1 aromatic heterocycles. The zero-order valence-corrected chi connectivity index (χ0v) is 23.8. The summed E-state index contributed by atoms with van der Waals surface area (Å²) < 4.78 is 0. The van der Waals surface area contributed by atoms with Gasteiger partial charge in [-0.15, -0.1) is 0 Å². The lowest BCUT2D eigenvalue weighted by atomic mass is 9.90. The minimum atomic E-state index is 0.558. The van der Waals surface area contributed by atoms with E-state index in [1.165, 1.54) is 10.8 Å². The standard InChI is InChI=1S/C40H29N3/c1-27(41)31-18-8-19-32(24-31)35-22-10-16-30-17-11-23-36(39(30)35)33-20-9-21-34(25-33)40-42-37(28-12-4-2-5-13-28)26-38(43-40)29-14-6-3-7-15-29/h2-26,41H,1H3. The molecule has 0 saturated carbocycles. The van der Waals surface area contributed by atoms with Crippen molar-refractivity contribution in [2.45, 2.75) is 6.92 Å². The van der Waals surface area contributed by atoms with E-state index in [0.29, 0.717) is 11.5 Å². The van der Waals surface area contributed by atoms with Crippen LogP contribution in [0.2, 0.25) is 0 Å². The smallest absolute Gasteiger partial charge is 0.160 e. The Bertz CT molecular complexity index is 2030. The lowest BCUT2D eigenvalue weighted by Crippen LogP contribution is -1.96. The number of nitrogens with one attached hydrogen (secondary N) is 1. The molecule has 1 heterocycles. The van der Waals surface area contributed by atoms with Gasteiger partial charge in [0.15, 0.2) is 5.82 Å². The maximum atomic E-state index is 8.17. The van der Waals surface area contributed by atoms with Gasteiger partial charge in [-0.25, -0.2) is 9.97 Å². The largest absolute Gasteiger partial charge is 0.305 e. The van der Waals surface area contributed by atoms with Crippen molar-refractivity contribution in [1.29, 1.82) is 5.41 Å². The van der Waals surface area contributed by atoms with Crippen LogP contribution in [0.1, 0.15) is 12.5 Å². The third-order valence-electron chi connectivity index (χ3n) is 7.81. The van der Waals surface area contributed by atoms with Crippen LogP contribution in [0.15, 0.2) is 152 Å². The molecule has 0 radical (unpaired) electrons. The highest BCUT2D eigenvalue weighted by atomic mass is 14.9. The summed E-state index contributed by atoms with van der Waals surface area (Å²) in [4.78, 5) is 10.1. The Hall–Kier alpha value is -5.67. The fraction of sp³-hybridized carbons (Fsp3) is 0.0250. The first-order valence-electron chi connectivity index (χ1n) is 14.4. The van der Waals surface area contributed by atoms with Crippen molar-refractivity contribution in [3.8, 4) is 56.2 Å². The molecule has 7 aromatic rings. The zero-order chi connectivity index (χ0) is 29.2. The molecule has 3 heteroatoms. The first-order chi connectivity index (χ1) is 21.1. The molecular weight excluding hydrogens is 522 g/mol. The lowest BCUT2D eigenvalue weighted by molar-refractivity contribution is 1.18. The SMILES string of the molecule is CC(=N)c1cccc(-c2cccc3cccc(-c4cccc(-c5nc(-c6ccccc6)cc(-c6ccccc6)n5)c4)c23)c1. The number of benzene rings is 6. The van der Waals surface area contributed by atoms with E-state index in [4.69, 9.17) is 15.4 Å². The number of aromatic nitrogens is 2. The fourth-order valence-corrected chi connectivity index (χ4v) is 5.66. The van der Waals surface area contributed by atoms with Crippen molar-refractivity contribution < 1.29 is 0 Å². The van der Waals surface area contributed by atoms with E-state index < -0.39 is 0 Å². The fourth-order valence-electron chi connectivity index (χ4n) is 5.66. The molecule has 7 rings (SSSR count). The molecule has 6 aromatic carbocycles. The summed E-state index contributed by atoms with van der Waals surface area (Å²) in [6.45, 7) is 1.83. The minimum Gasteiger partial charge on any atom is -0.305 e. The number of hydrogen-bond acceptors (Lipinski definition) is 3. The number of nitrogens with zero attached hydrogens (tertiary/aromatic N) is 2. The van der Waals surface area contributed by atoms with Crippen LogP contribution < -0.4 is 0 Å². The molecule has 3 nitrogen and oxygen atoms in total. The van der Waals surface area contributed by atoms with Crippen molar-refractivity contribution in [3.05, 3.63) is 157 Å². The van der Waals surface area contributed by atoms with Gasteiger partial charge in [0.2, 0.25) is 0 Å². The van der Waals surface area contributed by atoms with Crippen LogP contribution in [-0.2, 0) is 0 Å². The predicted octanol–water partition coefficient (Wildman–Crippen LogP) is 10.4. The second-order valence-electron chi connectivity index (χ2n) is 10.7. The second kappa shape index (κ2) is 11.3. The summed E-state index contributed by atoms with van der Waals surface area (Å²) in [6, 6.07) is 52.3. The Morgan fingerprint density at radius 3 is 1.53 bits per heavy atom. The molecule has 0 aliphatic rings. The number of hydrogen-bond donors (Lipinski definition) is 1. The van der Waals surface area contributed by atoms with Crippen LogP contribution in [0.25, 0.3) is 66.9 Å². The van der Waals surface area contributed by atoms with Crippen LogP contribution in [0.4, 0.5) is 0 Å². The molecular formula is C40H29N3. The van der Waals surface area contributed by atoms with Gasteiger partial charge in [0.1, 0.15) is 0 Å². The van der Waals surface area contributed by atoms with Crippen molar-refractivity contribution in [3.63, 3.8) is 0 Å². The van der Waals surface area contributed by atoms with Gasteiger partial charge in [0.05, 0.1) is 11.4 Å². The van der Waals surface area contributed by atoms with Crippen LogP contribution in [0.5, 0.6) is 0 Å². The lowest BCUT2D eigenvalue weighted by Gasteiger charge is -2.14. The van der Waals surface area contributed by atoms with E-state index >= 15 is 0 Å². The molecule has 0 unspecified atom stereocenters. The quantitative estimate of drug-likeness (QED) is 0.209. The second-order valence-corrected chi connectivity index (χ2v) is 10.7. The van der Waals surface area contributed by atoms with E-state index in [0.717, 1.165) is 55.9 Å². The van der Waals surface area contributed by atoms with Crippen LogP contribution in [0, 0.1) is 5.41 Å². The predicted molar refractivity (Wildman–Crippen MR) is 179 cm³/mol. The molecule has 43 heavy (non-hydrogen) atoms. The Labute approximate surface area is 251 Å². The third-order valence-corrected chi connectivity index (χ3v) is 7.81. The Morgan fingerprint density at radius 2 is 0.953 bits per heavy atom. The first-order valence-corrected chi connectivity index (χ1v) is 14.4. The zero-order valence-electron chi connectivity index (χ0n) is 23.8. The number of rotatable bonds is 6. The molecule has 0 atom stereocenters. The summed E-state index contributed by atoms with van der Waals surface area (Å²) in [5.41, 5.74) is 10.8. The molecule has 0 saturated heterocycles. The third kappa shape index (κ3) is 5.25. The average molecular weight is 552 g/mol. The highest BCUT2D eigenvalue weighted by molar-refractivity contribution is 6.07. The van der Waals surface area contributed by atoms with Crippen LogP contribution >= 0.6 is 0 Å². The van der Waals surface area contributed by atoms with Crippen molar-refractivity contribution in [1.82, 2.24) is 9.97 Å². The van der Waals surface area contributed by atoms with E-state index in [1.54, 1.807) is 0 Å². The Kier molecular flexibility index (Phi) is 6.90. The molecule has 0 aliphatic carbocycles. The van der Waals surface area contributed by atoms with Gasteiger partial charge in [0.25, 0.3) is 0 Å². The van der Waals surface area contributed by atoms with E-state index in [-0.39, 0.29) is 0 Å². The molecule has 0 bridgehead atoms. The van der Waals surface area contributed by atoms with Gasteiger partial charge in [-0.1, -0.05) is 133 Å². The normalized spacial score (nSPS) is 11.0. The van der Waals surface area contributed by atoms with Crippen molar-refractivity contribution >= 4 is 16.5 Å². The number of fused-ring (bicyclic) bond motifs is 1. The molecule has 0 spiro atoms. The van der Waals surface area contributed by atoms with Gasteiger partial charge >= 0.3 is 0 Å². The maximum absolute atomic E-state index is 8.17. The van der Waals surface area contributed by atoms with E-state index in [1.807, 2.05) is 55.5 Å². The summed E-state index contributed by atoms with van der Waals surface area (Å²) in [7, 11) is 0. The summed E-state index contributed by atoms with van der Waals surface area (Å²) in [5.74, 6) is 0.691. The highest BCUT2D eigenvalue weighted by Crippen LogP contribution is 2.38. The highest BCUT2D eigenvalue weighted by Gasteiger charge is 2.14. The van der Waals surface area contributed by atoms with E-state index in [9.17, 15) is 0 Å². The molecule has 204 valence electrons. The van der Waals surface area contributed by atoms with Crippen LogP contribution in [0.3, 0.4) is 0 Å². The molecule has 1 N–H and O–H groups in total. The van der Waals surface area contributed by atoms with Crippen molar-refractivity contribution in [2.75, 3.05) is 0 Å². The molecule has 0 fully saturated rings. The van der Waals surface area contributed by atoms with Gasteiger partial charge in [-0.3, -0.25) is 0 Å². The monoisotopic (exact) mass is 551 g/mol. The van der Waals surface area contributed by atoms with Crippen molar-refractivity contribution in [2.24, 2.45) is 0 Å². The summed E-state index contributed by atoms with van der Waals surface area (Å²) in [6.07, 6.45) is 0. The minimum absolute atomic E-state index is 0.558.